The van der Waals surface area contributed by atoms with E-state index in [1.807, 2.05) is 19.1 Å². The van der Waals surface area contributed by atoms with E-state index in [-0.39, 0.29) is 11.2 Å². The SMILES string of the molecule is CCOc1ccc(-n2c(=O)c3c4c(sc3n(CC(C)C)c2=O)CCCC4)cc1. The molecule has 3 aromatic rings. The normalized spacial score (nSPS) is 13.9. The van der Waals surface area contributed by atoms with Gasteiger partial charge in [0.05, 0.1) is 17.7 Å². The summed E-state index contributed by atoms with van der Waals surface area (Å²) in [6.07, 6.45) is 4.19. The zero-order valence-corrected chi connectivity index (χ0v) is 17.5. The van der Waals surface area contributed by atoms with Crippen molar-refractivity contribution in [3.63, 3.8) is 0 Å². The van der Waals surface area contributed by atoms with E-state index in [2.05, 4.69) is 13.8 Å². The van der Waals surface area contributed by atoms with Gasteiger partial charge in [-0.15, -0.1) is 11.3 Å². The summed E-state index contributed by atoms with van der Waals surface area (Å²) in [6, 6.07) is 7.20. The molecule has 4 rings (SSSR count). The van der Waals surface area contributed by atoms with Crippen molar-refractivity contribution in [1.82, 2.24) is 9.13 Å². The Kier molecular flexibility index (Phi) is 5.15. The van der Waals surface area contributed by atoms with E-state index in [0.29, 0.717) is 24.8 Å². The molecule has 0 atom stereocenters. The zero-order chi connectivity index (χ0) is 19.8. The summed E-state index contributed by atoms with van der Waals surface area (Å²) >= 11 is 1.64. The maximum absolute atomic E-state index is 13.5. The van der Waals surface area contributed by atoms with Crippen LogP contribution in [-0.4, -0.2) is 15.7 Å². The van der Waals surface area contributed by atoms with Crippen LogP contribution in [-0.2, 0) is 19.4 Å². The van der Waals surface area contributed by atoms with E-state index in [1.54, 1.807) is 28.0 Å². The lowest BCUT2D eigenvalue weighted by Gasteiger charge is -2.15. The van der Waals surface area contributed by atoms with Crippen LogP contribution in [0.4, 0.5) is 0 Å². The molecule has 0 N–H and O–H groups in total. The molecule has 2 aromatic heterocycles. The van der Waals surface area contributed by atoms with Crippen molar-refractivity contribution in [2.45, 2.75) is 53.0 Å². The molecule has 1 aromatic carbocycles. The minimum absolute atomic E-state index is 0.191. The summed E-state index contributed by atoms with van der Waals surface area (Å²) in [5.41, 5.74) is 1.31. The number of hydrogen-bond donors (Lipinski definition) is 0. The Morgan fingerprint density at radius 3 is 2.50 bits per heavy atom. The van der Waals surface area contributed by atoms with Crippen LogP contribution in [0.1, 0.15) is 44.1 Å². The van der Waals surface area contributed by atoms with Gasteiger partial charge in [-0.1, -0.05) is 13.8 Å². The molecule has 28 heavy (non-hydrogen) atoms. The Morgan fingerprint density at radius 2 is 1.82 bits per heavy atom. The Morgan fingerprint density at radius 1 is 1.11 bits per heavy atom. The Labute approximate surface area is 168 Å². The van der Waals surface area contributed by atoms with Crippen LogP contribution in [0, 0.1) is 5.92 Å². The number of fused-ring (bicyclic) bond motifs is 3. The fourth-order valence-corrected chi connectivity index (χ4v) is 5.36. The molecule has 0 unspecified atom stereocenters. The van der Waals surface area contributed by atoms with Gasteiger partial charge in [0, 0.05) is 11.4 Å². The summed E-state index contributed by atoms with van der Waals surface area (Å²) in [5.74, 6) is 1.04. The van der Waals surface area contributed by atoms with Gasteiger partial charge >= 0.3 is 5.69 Å². The molecule has 0 saturated carbocycles. The van der Waals surface area contributed by atoms with Crippen molar-refractivity contribution in [2.75, 3.05) is 6.61 Å². The molecule has 0 radical (unpaired) electrons. The lowest BCUT2D eigenvalue weighted by Crippen LogP contribution is -2.39. The van der Waals surface area contributed by atoms with Gasteiger partial charge in [0.1, 0.15) is 10.6 Å². The van der Waals surface area contributed by atoms with Gasteiger partial charge in [-0.05, 0) is 68.4 Å². The maximum atomic E-state index is 13.5. The van der Waals surface area contributed by atoms with Gasteiger partial charge in [0.2, 0.25) is 0 Å². The number of thiophene rings is 1. The number of rotatable bonds is 5. The number of aromatic nitrogens is 2. The Balaban J connectivity index is 2.00. The van der Waals surface area contributed by atoms with Gasteiger partial charge in [-0.25, -0.2) is 9.36 Å². The number of aryl methyl sites for hydroxylation is 2. The first-order valence-corrected chi connectivity index (χ1v) is 10.9. The third-order valence-electron chi connectivity index (χ3n) is 5.19. The molecule has 6 heteroatoms. The molecule has 1 aliphatic carbocycles. The molecule has 1 aliphatic rings. The second kappa shape index (κ2) is 7.59. The van der Waals surface area contributed by atoms with Crippen molar-refractivity contribution in [1.29, 1.82) is 0 Å². The second-order valence-corrected chi connectivity index (χ2v) is 8.83. The fraction of sp³-hybridized carbons (Fsp3) is 0.455. The zero-order valence-electron chi connectivity index (χ0n) is 16.7. The predicted octanol–water partition coefficient (Wildman–Crippen LogP) is 4.15. The topological polar surface area (TPSA) is 53.2 Å². The number of nitrogens with zero attached hydrogens (tertiary/aromatic N) is 2. The highest BCUT2D eigenvalue weighted by Crippen LogP contribution is 2.34. The molecule has 5 nitrogen and oxygen atoms in total. The molecule has 0 fully saturated rings. The third-order valence-corrected chi connectivity index (χ3v) is 6.51. The second-order valence-electron chi connectivity index (χ2n) is 7.75. The summed E-state index contributed by atoms with van der Waals surface area (Å²) < 4.78 is 8.64. The van der Waals surface area contributed by atoms with Gasteiger partial charge < -0.3 is 4.74 Å². The average Bonchev–Trinajstić information content (AvgIpc) is 3.06. The molecule has 0 amide bonds. The van der Waals surface area contributed by atoms with Crippen molar-refractivity contribution < 1.29 is 4.74 Å². The van der Waals surface area contributed by atoms with Crippen LogP contribution in [0.2, 0.25) is 0 Å². The summed E-state index contributed by atoms with van der Waals surface area (Å²) in [4.78, 5) is 28.9. The largest absolute Gasteiger partial charge is 0.494 e. The molecule has 148 valence electrons. The van der Waals surface area contributed by atoms with Crippen molar-refractivity contribution >= 4 is 21.6 Å². The third kappa shape index (κ3) is 3.20. The highest BCUT2D eigenvalue weighted by molar-refractivity contribution is 7.18. The fourth-order valence-electron chi connectivity index (χ4n) is 3.98. The van der Waals surface area contributed by atoms with E-state index in [0.717, 1.165) is 47.2 Å². The maximum Gasteiger partial charge on any atom is 0.336 e. The minimum Gasteiger partial charge on any atom is -0.494 e. The van der Waals surface area contributed by atoms with Crippen molar-refractivity contribution in [2.24, 2.45) is 5.92 Å². The molecular weight excluding hydrogens is 372 g/mol. The van der Waals surface area contributed by atoms with Crippen LogP contribution in [0.25, 0.3) is 15.9 Å². The van der Waals surface area contributed by atoms with Crippen LogP contribution in [0.5, 0.6) is 5.75 Å². The quantitative estimate of drug-likeness (QED) is 0.649. The van der Waals surface area contributed by atoms with Crippen LogP contribution in [0.3, 0.4) is 0 Å². The standard InChI is InChI=1S/C22H26N2O3S/c1-4-27-16-11-9-15(10-12-16)24-20(25)19-17-7-5-6-8-18(17)28-21(19)23(22(24)26)13-14(2)3/h9-12,14H,4-8,13H2,1-3H3. The van der Waals surface area contributed by atoms with E-state index in [4.69, 9.17) is 4.74 Å². The molecule has 0 bridgehead atoms. The smallest absolute Gasteiger partial charge is 0.336 e. The summed E-state index contributed by atoms with van der Waals surface area (Å²) in [6.45, 7) is 7.30. The first-order valence-electron chi connectivity index (χ1n) is 10.0. The van der Waals surface area contributed by atoms with E-state index in [9.17, 15) is 9.59 Å². The molecule has 0 saturated heterocycles. The van der Waals surface area contributed by atoms with E-state index < -0.39 is 0 Å². The lowest BCUT2D eigenvalue weighted by atomic mass is 9.97. The Bertz CT molecular complexity index is 1120. The highest BCUT2D eigenvalue weighted by atomic mass is 32.1. The monoisotopic (exact) mass is 398 g/mol. The van der Waals surface area contributed by atoms with Crippen LogP contribution >= 0.6 is 11.3 Å². The van der Waals surface area contributed by atoms with Gasteiger partial charge in [0.15, 0.2) is 0 Å². The van der Waals surface area contributed by atoms with Crippen LogP contribution < -0.4 is 16.0 Å². The first kappa shape index (κ1) is 19.0. The number of ether oxygens (including phenoxy) is 1. The van der Waals surface area contributed by atoms with Gasteiger partial charge in [0.25, 0.3) is 5.56 Å². The van der Waals surface area contributed by atoms with Crippen molar-refractivity contribution in [3.8, 4) is 11.4 Å². The predicted molar refractivity (Wildman–Crippen MR) is 114 cm³/mol. The Hall–Kier alpha value is -2.34. The molecule has 0 spiro atoms. The van der Waals surface area contributed by atoms with Gasteiger partial charge in [-0.3, -0.25) is 9.36 Å². The summed E-state index contributed by atoms with van der Waals surface area (Å²) in [7, 11) is 0. The molecule has 0 aliphatic heterocycles. The van der Waals surface area contributed by atoms with Crippen LogP contribution in [0.15, 0.2) is 33.9 Å². The van der Waals surface area contributed by atoms with E-state index >= 15 is 0 Å². The number of hydrogen-bond acceptors (Lipinski definition) is 4. The molecular formula is C22H26N2O3S. The highest BCUT2D eigenvalue weighted by Gasteiger charge is 2.24. The first-order chi connectivity index (χ1) is 13.5. The molecule has 2 heterocycles. The minimum atomic E-state index is -0.256. The summed E-state index contributed by atoms with van der Waals surface area (Å²) in [5, 5.41) is 0.744. The van der Waals surface area contributed by atoms with Gasteiger partial charge in [-0.2, -0.15) is 0 Å². The van der Waals surface area contributed by atoms with Crippen molar-refractivity contribution in [3.05, 3.63) is 55.5 Å². The van der Waals surface area contributed by atoms with E-state index in [1.165, 1.54) is 9.44 Å². The lowest BCUT2D eigenvalue weighted by molar-refractivity contribution is 0.340. The number of benzene rings is 1. The average molecular weight is 399 g/mol.